The molecule has 0 rings (SSSR count). The lowest BCUT2D eigenvalue weighted by molar-refractivity contribution is -0.186. The van der Waals surface area contributed by atoms with Crippen LogP contribution in [0.3, 0.4) is 0 Å². The zero-order valence-electron chi connectivity index (χ0n) is 33.1. The van der Waals surface area contributed by atoms with Gasteiger partial charge in [-0.05, 0) is 38.5 Å². The fourth-order valence-corrected chi connectivity index (χ4v) is 5.74. The van der Waals surface area contributed by atoms with Crippen LogP contribution in [0.4, 0.5) is 0 Å². The van der Waals surface area contributed by atoms with Gasteiger partial charge in [0.15, 0.2) is 6.29 Å². The van der Waals surface area contributed by atoms with Crippen molar-refractivity contribution in [2.45, 2.75) is 195 Å². The maximum absolute atomic E-state index is 6.37. The number of hydrogen-bond donors (Lipinski definition) is 0. The van der Waals surface area contributed by atoms with Crippen molar-refractivity contribution < 1.29 is 33.2 Å². The van der Waals surface area contributed by atoms with E-state index in [0.717, 1.165) is 64.6 Å². The number of hydrogen-bond acceptors (Lipinski definition) is 7. The van der Waals surface area contributed by atoms with Crippen LogP contribution >= 0.6 is 0 Å². The third-order valence-corrected chi connectivity index (χ3v) is 9.08. The van der Waals surface area contributed by atoms with Crippen molar-refractivity contribution in [1.29, 1.82) is 0 Å². The zero-order chi connectivity index (χ0) is 35.2. The van der Waals surface area contributed by atoms with Gasteiger partial charge in [-0.2, -0.15) is 0 Å². The lowest BCUT2D eigenvalue weighted by atomic mass is 10.0. The summed E-state index contributed by atoms with van der Waals surface area (Å²) < 4.78 is 41.9. The topological polar surface area (TPSA) is 64.6 Å². The molecule has 7 heteroatoms. The third kappa shape index (κ3) is 34.2. The van der Waals surface area contributed by atoms with E-state index >= 15 is 0 Å². The highest BCUT2D eigenvalue weighted by Crippen LogP contribution is 2.17. The van der Waals surface area contributed by atoms with Crippen LogP contribution in [-0.4, -0.2) is 84.6 Å². The van der Waals surface area contributed by atoms with Gasteiger partial charge in [0.1, 0.15) is 0 Å². The summed E-state index contributed by atoms with van der Waals surface area (Å²) in [5.74, 6) is 0.613. The Morgan fingerprint density at radius 3 is 1.38 bits per heavy atom. The minimum Gasteiger partial charge on any atom is -0.379 e. The second-order valence-corrected chi connectivity index (χ2v) is 13.8. The van der Waals surface area contributed by atoms with Crippen LogP contribution in [-0.2, 0) is 33.2 Å². The van der Waals surface area contributed by atoms with E-state index in [1.165, 1.54) is 83.5 Å². The van der Waals surface area contributed by atoms with E-state index in [-0.39, 0.29) is 18.5 Å². The summed E-state index contributed by atoms with van der Waals surface area (Å²) >= 11 is 0. The minimum atomic E-state index is -0.218. The summed E-state index contributed by atoms with van der Waals surface area (Å²) in [7, 11) is 0. The average molecular weight is 689 g/mol. The Labute approximate surface area is 299 Å². The van der Waals surface area contributed by atoms with Crippen LogP contribution in [0.15, 0.2) is 0 Å². The van der Waals surface area contributed by atoms with Crippen molar-refractivity contribution in [1.82, 2.24) is 0 Å². The van der Waals surface area contributed by atoms with Gasteiger partial charge >= 0.3 is 0 Å². The molecule has 0 radical (unpaired) electrons. The molecular formula is C41H84O7. The van der Waals surface area contributed by atoms with Crippen LogP contribution in [0.25, 0.3) is 0 Å². The lowest BCUT2D eigenvalue weighted by Crippen LogP contribution is -2.31. The Kier molecular flexibility index (Phi) is 39.3. The van der Waals surface area contributed by atoms with Crippen molar-refractivity contribution in [2.24, 2.45) is 5.92 Å². The molecule has 0 saturated carbocycles. The molecule has 0 amide bonds. The summed E-state index contributed by atoms with van der Waals surface area (Å²) in [6, 6.07) is 0. The van der Waals surface area contributed by atoms with Gasteiger partial charge in [0.25, 0.3) is 0 Å². The molecule has 0 heterocycles. The quantitative estimate of drug-likeness (QED) is 0.0468. The molecule has 0 aromatic rings. The Morgan fingerprint density at radius 1 is 0.375 bits per heavy atom. The van der Waals surface area contributed by atoms with E-state index in [2.05, 4.69) is 34.6 Å². The Balaban J connectivity index is 3.92. The van der Waals surface area contributed by atoms with E-state index in [4.69, 9.17) is 33.2 Å². The Hall–Kier alpha value is -0.280. The molecule has 7 nitrogen and oxygen atoms in total. The summed E-state index contributed by atoms with van der Waals surface area (Å²) in [6.45, 7) is 19.6. The van der Waals surface area contributed by atoms with Gasteiger partial charge in [-0.25, -0.2) is 0 Å². The van der Waals surface area contributed by atoms with E-state index in [0.29, 0.717) is 58.8 Å². The van der Waals surface area contributed by atoms with Crippen LogP contribution in [0.5, 0.6) is 0 Å². The Morgan fingerprint density at radius 2 is 0.833 bits per heavy atom. The predicted molar refractivity (Wildman–Crippen MR) is 202 cm³/mol. The van der Waals surface area contributed by atoms with E-state index in [9.17, 15) is 0 Å². The molecule has 4 atom stereocenters. The predicted octanol–water partition coefficient (Wildman–Crippen LogP) is 11.1. The molecule has 0 aliphatic rings. The molecule has 0 fully saturated rings. The van der Waals surface area contributed by atoms with Crippen molar-refractivity contribution >= 4 is 0 Å². The molecule has 0 spiro atoms. The molecular weight excluding hydrogens is 604 g/mol. The molecule has 0 aliphatic heterocycles. The van der Waals surface area contributed by atoms with Gasteiger partial charge in [-0.3, -0.25) is 0 Å². The first-order valence-electron chi connectivity index (χ1n) is 20.8. The summed E-state index contributed by atoms with van der Waals surface area (Å²) in [6.07, 6.45) is 26.2. The van der Waals surface area contributed by atoms with E-state index < -0.39 is 0 Å². The second kappa shape index (κ2) is 39.5. The highest BCUT2D eigenvalue weighted by molar-refractivity contribution is 4.64. The molecule has 0 bridgehead atoms. The van der Waals surface area contributed by atoms with Crippen LogP contribution in [0.2, 0.25) is 0 Å². The van der Waals surface area contributed by atoms with E-state index in [1.807, 2.05) is 6.92 Å². The van der Waals surface area contributed by atoms with Gasteiger partial charge in [0, 0.05) is 6.61 Å². The molecule has 0 aromatic carbocycles. The summed E-state index contributed by atoms with van der Waals surface area (Å²) in [5, 5.41) is 0. The molecule has 48 heavy (non-hydrogen) atoms. The fraction of sp³-hybridized carbons (Fsp3) is 1.00. The smallest absolute Gasteiger partial charge is 0.155 e. The summed E-state index contributed by atoms with van der Waals surface area (Å²) in [5.41, 5.74) is 0. The maximum Gasteiger partial charge on any atom is 0.155 e. The van der Waals surface area contributed by atoms with E-state index in [1.54, 1.807) is 0 Å². The van der Waals surface area contributed by atoms with Gasteiger partial charge in [-0.15, -0.1) is 0 Å². The minimum absolute atomic E-state index is 0.0399. The highest BCUT2D eigenvalue weighted by Gasteiger charge is 2.18. The molecule has 0 aromatic heterocycles. The van der Waals surface area contributed by atoms with Crippen LogP contribution in [0.1, 0.15) is 176 Å². The zero-order valence-corrected chi connectivity index (χ0v) is 33.1. The van der Waals surface area contributed by atoms with Gasteiger partial charge in [-0.1, -0.05) is 144 Å². The standard InChI is InChI=1S/C41H84O7/c1-7-12-16-17-18-19-20-21-22-23-24-28-42-29-30-43-31-32-44-33-34-45-36-40(26-14-9-3)47-37-41(27-15-10-4)48-38(6)46-35-39(11-5)25-13-8-2/h38-41H,7-37H2,1-6H3. The van der Waals surface area contributed by atoms with Gasteiger partial charge in [0.05, 0.1) is 71.7 Å². The summed E-state index contributed by atoms with van der Waals surface area (Å²) in [4.78, 5) is 0. The second-order valence-electron chi connectivity index (χ2n) is 13.8. The molecule has 0 N–H and O–H groups in total. The molecule has 290 valence electrons. The first kappa shape index (κ1) is 47.7. The average Bonchev–Trinajstić information content (AvgIpc) is 3.10. The number of unbranched alkanes of at least 4 members (excludes halogenated alkanes) is 13. The lowest BCUT2D eigenvalue weighted by Gasteiger charge is -2.26. The third-order valence-electron chi connectivity index (χ3n) is 9.08. The van der Waals surface area contributed by atoms with Crippen molar-refractivity contribution in [3.63, 3.8) is 0 Å². The van der Waals surface area contributed by atoms with Gasteiger partial charge < -0.3 is 33.2 Å². The van der Waals surface area contributed by atoms with Crippen LogP contribution in [0, 0.1) is 5.92 Å². The van der Waals surface area contributed by atoms with Crippen molar-refractivity contribution in [2.75, 3.05) is 66.1 Å². The monoisotopic (exact) mass is 689 g/mol. The Bertz CT molecular complexity index is 593. The largest absolute Gasteiger partial charge is 0.379 e. The molecule has 0 saturated heterocycles. The normalized spacial score (nSPS) is 14.4. The molecule has 0 aliphatic carbocycles. The van der Waals surface area contributed by atoms with Gasteiger partial charge in [0.2, 0.25) is 0 Å². The maximum atomic E-state index is 6.37. The highest BCUT2D eigenvalue weighted by atomic mass is 16.7. The van der Waals surface area contributed by atoms with Crippen LogP contribution < -0.4 is 0 Å². The first-order chi connectivity index (χ1) is 23.6. The van der Waals surface area contributed by atoms with Crippen molar-refractivity contribution in [3.8, 4) is 0 Å². The molecule has 4 unspecified atom stereocenters. The number of rotatable bonds is 41. The fourth-order valence-electron chi connectivity index (χ4n) is 5.74. The SMILES string of the molecule is CCCCCCCCCCCCCOCCOCCOCCOCC(CCCC)OCC(CCCC)OC(C)OCC(CC)CCCC. The first-order valence-corrected chi connectivity index (χ1v) is 20.8. The van der Waals surface area contributed by atoms with Crippen molar-refractivity contribution in [3.05, 3.63) is 0 Å². The number of ether oxygens (including phenoxy) is 7.